The van der Waals surface area contributed by atoms with Crippen LogP contribution in [0.1, 0.15) is 88.4 Å². The molecule has 5 rings (SSSR count). The van der Waals surface area contributed by atoms with Gasteiger partial charge in [-0.2, -0.15) is 0 Å². The number of alkyl halides is 3. The molecule has 18 heteroatoms. The summed E-state index contributed by atoms with van der Waals surface area (Å²) in [5.74, 6) is -2.78. The van der Waals surface area contributed by atoms with E-state index in [0.717, 1.165) is 0 Å². The van der Waals surface area contributed by atoms with E-state index in [1.807, 2.05) is 13.8 Å². The first-order chi connectivity index (χ1) is 28.0. The average molecular weight is 917 g/mol. The fraction of sp³-hybridized carbons (Fsp3) is 0.619. The lowest BCUT2D eigenvalue weighted by Crippen LogP contribution is -2.62. The van der Waals surface area contributed by atoms with Gasteiger partial charge >= 0.3 is 17.9 Å². The maximum Gasteiger partial charge on any atom is 0.338 e. The van der Waals surface area contributed by atoms with Crippen molar-refractivity contribution in [2.24, 2.45) is 0 Å². The molecule has 3 aliphatic rings. The number of halogens is 3. The Morgan fingerprint density at radius 3 is 1.72 bits per heavy atom. The topological polar surface area (TPSA) is 167 Å². The summed E-state index contributed by atoms with van der Waals surface area (Å²) in [6.07, 6.45) is -9.34. The highest BCUT2D eigenvalue weighted by molar-refractivity contribution is 6.76. The molecule has 3 aliphatic heterocycles. The van der Waals surface area contributed by atoms with Gasteiger partial charge in [0.15, 0.2) is 33.1 Å². The van der Waals surface area contributed by atoms with E-state index >= 15 is 0 Å². The SMILES string of the molecule is CC(=O)O[C@@H]1[C@@H](C)O[C@@H](O[C@H]2CC[C@@H](O[C@@H]3[C@@H](OC(=O)c4ccccc4)[C@@H](OC(=O)c4ccccc4)[C@@H](OC(=N)C(Cl)(Cl)Cl)O[C@H]3C)O[C@H]2C)C[C@H]1O[Si](C)(C)C(C)(C)C. The molecule has 0 amide bonds. The van der Waals surface area contributed by atoms with Crippen molar-refractivity contribution in [3.05, 3.63) is 71.8 Å². The summed E-state index contributed by atoms with van der Waals surface area (Å²) >= 11 is 17.9. The normalized spacial score (nSPS) is 31.4. The van der Waals surface area contributed by atoms with E-state index in [9.17, 15) is 14.4 Å². The summed E-state index contributed by atoms with van der Waals surface area (Å²) in [5, 5.41) is 8.20. The van der Waals surface area contributed by atoms with E-state index in [1.165, 1.54) is 6.92 Å². The molecule has 332 valence electrons. The van der Waals surface area contributed by atoms with Gasteiger partial charge in [0.25, 0.3) is 3.79 Å². The number of hydrogen-bond donors (Lipinski definition) is 1. The highest BCUT2D eigenvalue weighted by atomic mass is 35.6. The molecule has 0 aromatic heterocycles. The molecule has 0 spiro atoms. The fourth-order valence-electron chi connectivity index (χ4n) is 6.93. The number of nitrogens with one attached hydrogen (secondary N) is 1. The maximum atomic E-state index is 13.7. The smallest absolute Gasteiger partial charge is 0.338 e. The monoisotopic (exact) mass is 915 g/mol. The highest BCUT2D eigenvalue weighted by Gasteiger charge is 2.54. The molecule has 1 N–H and O–H groups in total. The summed E-state index contributed by atoms with van der Waals surface area (Å²) in [5.41, 5.74) is 0.400. The maximum absolute atomic E-state index is 13.7. The van der Waals surface area contributed by atoms with Gasteiger partial charge in [0, 0.05) is 19.8 Å². The number of carbonyl (C=O) groups excluding carboxylic acids is 3. The molecule has 3 fully saturated rings. The quantitative estimate of drug-likeness (QED) is 0.0540. The second-order valence-electron chi connectivity index (χ2n) is 16.7. The van der Waals surface area contributed by atoms with Gasteiger partial charge in [0.05, 0.1) is 41.6 Å². The summed E-state index contributed by atoms with van der Waals surface area (Å²) in [4.78, 5) is 39.3. The second-order valence-corrected chi connectivity index (χ2v) is 23.8. The third-order valence-electron chi connectivity index (χ3n) is 11.1. The number of rotatable bonds is 12. The Morgan fingerprint density at radius 1 is 0.667 bits per heavy atom. The molecule has 0 aliphatic carbocycles. The molecule has 0 bridgehead atoms. The predicted octanol–water partition coefficient (Wildman–Crippen LogP) is 8.30. The second kappa shape index (κ2) is 20.1. The Morgan fingerprint density at radius 2 is 1.20 bits per heavy atom. The van der Waals surface area contributed by atoms with Crippen LogP contribution in [0.4, 0.5) is 0 Å². The van der Waals surface area contributed by atoms with Gasteiger partial charge < -0.3 is 47.1 Å². The lowest BCUT2D eigenvalue weighted by molar-refractivity contribution is -0.328. The van der Waals surface area contributed by atoms with Gasteiger partial charge in [0.2, 0.25) is 18.3 Å². The molecule has 2 aromatic rings. The predicted molar refractivity (Wildman–Crippen MR) is 225 cm³/mol. The van der Waals surface area contributed by atoms with Crippen molar-refractivity contribution < 1.29 is 61.4 Å². The minimum absolute atomic E-state index is 0.0862. The van der Waals surface area contributed by atoms with Gasteiger partial charge in [-0.25, -0.2) is 9.59 Å². The van der Waals surface area contributed by atoms with Crippen LogP contribution in [-0.2, 0) is 51.9 Å². The van der Waals surface area contributed by atoms with Crippen LogP contribution in [0.25, 0.3) is 0 Å². The number of hydrogen-bond acceptors (Lipinski definition) is 14. The molecule has 0 radical (unpaired) electrons. The van der Waals surface area contributed by atoms with E-state index in [0.29, 0.717) is 19.3 Å². The summed E-state index contributed by atoms with van der Waals surface area (Å²) in [7, 11) is -2.28. The largest absolute Gasteiger partial charge is 0.457 e. The number of ether oxygens (including phenoxy) is 9. The molecule has 14 nitrogen and oxygen atoms in total. The molecule has 3 saturated heterocycles. The van der Waals surface area contributed by atoms with Crippen molar-refractivity contribution in [2.75, 3.05) is 0 Å². The van der Waals surface area contributed by atoms with Crippen molar-refractivity contribution in [3.8, 4) is 0 Å². The van der Waals surface area contributed by atoms with Crippen LogP contribution >= 0.6 is 34.8 Å². The Kier molecular flexibility index (Phi) is 16.2. The number of benzene rings is 2. The van der Waals surface area contributed by atoms with E-state index in [4.69, 9.17) is 87.3 Å². The zero-order valence-electron chi connectivity index (χ0n) is 35.3. The Balaban J connectivity index is 1.35. The minimum Gasteiger partial charge on any atom is -0.457 e. The third kappa shape index (κ3) is 12.4. The summed E-state index contributed by atoms with van der Waals surface area (Å²) in [6.45, 7) is 17.4. The van der Waals surface area contributed by atoms with Gasteiger partial charge in [-0.05, 0) is 69.6 Å². The van der Waals surface area contributed by atoms with Crippen molar-refractivity contribution in [1.29, 1.82) is 5.41 Å². The van der Waals surface area contributed by atoms with Crippen LogP contribution in [0.5, 0.6) is 0 Å². The average Bonchev–Trinajstić information content (AvgIpc) is 3.16. The number of carbonyl (C=O) groups is 3. The Labute approximate surface area is 367 Å². The Hall–Kier alpha value is -2.83. The van der Waals surface area contributed by atoms with E-state index in [-0.39, 0.29) is 16.2 Å². The molecular weight excluding hydrogens is 861 g/mol. The standard InChI is InChI=1S/C42H56Cl3NO13Si/c1-23-29(54-32-22-30(59-60(8,9)41(5,6)7)33(24(2)51-32)53-26(4)47)20-21-31(50-23)55-34-25(3)52-39(58-40(46)42(43,44)45)36(57-38(49)28-18-14-11-15-19-28)35(34)56-37(48)27-16-12-10-13-17-27/h10-19,23-25,29-36,39,46H,20-22H2,1-9H3/t23-,24+,25-,29-,30+,31+,32-,33+,34-,35+,36+,39+/m0/s1. The van der Waals surface area contributed by atoms with Gasteiger partial charge in [-0.1, -0.05) is 92.0 Å². The first-order valence-electron chi connectivity index (χ1n) is 20.0. The third-order valence-corrected chi connectivity index (χ3v) is 16.1. The van der Waals surface area contributed by atoms with E-state index in [2.05, 4.69) is 33.9 Å². The molecule has 12 atom stereocenters. The Bertz CT molecular complexity index is 1780. The highest BCUT2D eigenvalue weighted by Crippen LogP contribution is 2.41. The van der Waals surface area contributed by atoms with Crippen LogP contribution in [0.2, 0.25) is 18.1 Å². The van der Waals surface area contributed by atoms with Crippen molar-refractivity contribution >= 4 is 66.9 Å². The van der Waals surface area contributed by atoms with Crippen molar-refractivity contribution in [2.45, 2.75) is 163 Å². The van der Waals surface area contributed by atoms with Crippen LogP contribution in [0, 0.1) is 5.41 Å². The lowest BCUT2D eigenvalue weighted by atomic mass is 9.98. The first kappa shape index (κ1) is 48.2. The lowest BCUT2D eigenvalue weighted by Gasteiger charge is -2.47. The van der Waals surface area contributed by atoms with Crippen molar-refractivity contribution in [1.82, 2.24) is 0 Å². The van der Waals surface area contributed by atoms with Crippen LogP contribution < -0.4 is 0 Å². The van der Waals surface area contributed by atoms with Crippen LogP contribution in [0.3, 0.4) is 0 Å². The first-order valence-corrected chi connectivity index (χ1v) is 24.0. The van der Waals surface area contributed by atoms with Crippen molar-refractivity contribution in [3.63, 3.8) is 0 Å². The molecule has 0 unspecified atom stereocenters. The van der Waals surface area contributed by atoms with Gasteiger partial charge in [-0.15, -0.1) is 0 Å². The van der Waals surface area contributed by atoms with Gasteiger partial charge in [-0.3, -0.25) is 10.2 Å². The molecule has 2 aromatic carbocycles. The van der Waals surface area contributed by atoms with Gasteiger partial charge in [0.1, 0.15) is 6.10 Å². The van der Waals surface area contributed by atoms with Crippen LogP contribution in [0.15, 0.2) is 60.7 Å². The molecule has 60 heavy (non-hydrogen) atoms. The zero-order valence-corrected chi connectivity index (χ0v) is 38.5. The van der Waals surface area contributed by atoms with Crippen LogP contribution in [-0.4, -0.2) is 110 Å². The van der Waals surface area contributed by atoms with E-state index in [1.54, 1.807) is 67.6 Å². The number of esters is 3. The summed E-state index contributed by atoms with van der Waals surface area (Å²) < 4.78 is 59.8. The zero-order chi connectivity index (χ0) is 44.2. The minimum atomic E-state index is -2.29. The molecular formula is C42H56Cl3NO13Si. The summed E-state index contributed by atoms with van der Waals surface area (Å²) in [6, 6.07) is 16.4. The molecule has 3 heterocycles. The fourth-order valence-corrected chi connectivity index (χ4v) is 8.40. The van der Waals surface area contributed by atoms with E-state index < -0.39 is 110 Å². The molecule has 0 saturated carbocycles.